The number of rotatable bonds is 4. The molecule has 0 unspecified atom stereocenters. The fraction of sp³-hybridized carbons (Fsp3) is 0.417. The molecule has 1 N–H and O–H groups in total. The number of benzene rings is 1. The van der Waals surface area contributed by atoms with E-state index in [2.05, 4.69) is 11.4 Å². The fourth-order valence-corrected chi connectivity index (χ4v) is 1.95. The predicted molar refractivity (Wildman–Crippen MR) is 72.6 cm³/mol. The van der Waals surface area contributed by atoms with Gasteiger partial charge in [-0.1, -0.05) is 34.8 Å². The van der Waals surface area contributed by atoms with Gasteiger partial charge >= 0.3 is 0 Å². The first-order valence-electron chi connectivity index (χ1n) is 5.12. The average Bonchev–Trinajstić information content (AvgIpc) is 2.28. The van der Waals surface area contributed by atoms with Gasteiger partial charge in [0.25, 0.3) is 0 Å². The van der Waals surface area contributed by atoms with Crippen molar-refractivity contribution in [1.82, 2.24) is 5.32 Å². The molecule has 5 heteroatoms. The Balaban J connectivity index is 2.71. The van der Waals surface area contributed by atoms with Gasteiger partial charge in [0, 0.05) is 23.7 Å². The summed E-state index contributed by atoms with van der Waals surface area (Å²) >= 11 is 18.0. The number of halogens is 3. The van der Waals surface area contributed by atoms with E-state index in [9.17, 15) is 0 Å². The number of hydrogen-bond donors (Lipinski definition) is 1. The largest absolute Gasteiger partial charge is 0.311 e. The summed E-state index contributed by atoms with van der Waals surface area (Å²) in [6.07, 6.45) is 0. The van der Waals surface area contributed by atoms with Crippen molar-refractivity contribution in [3.63, 3.8) is 0 Å². The van der Waals surface area contributed by atoms with Crippen LogP contribution in [0.5, 0.6) is 0 Å². The molecule has 0 aliphatic rings. The molecule has 1 aromatic rings. The van der Waals surface area contributed by atoms with Gasteiger partial charge in [-0.3, -0.25) is 0 Å². The summed E-state index contributed by atoms with van der Waals surface area (Å²) in [4.78, 5) is 0. The Morgan fingerprint density at radius 1 is 1.24 bits per heavy atom. The minimum atomic E-state index is -0.419. The molecule has 0 heterocycles. The molecule has 0 saturated heterocycles. The molecule has 0 aliphatic heterocycles. The highest BCUT2D eigenvalue weighted by molar-refractivity contribution is 6.44. The van der Waals surface area contributed by atoms with Crippen LogP contribution in [0.4, 0.5) is 0 Å². The molecule has 2 nitrogen and oxygen atoms in total. The van der Waals surface area contributed by atoms with E-state index in [0.29, 0.717) is 28.2 Å². The fourth-order valence-electron chi connectivity index (χ4n) is 1.27. The van der Waals surface area contributed by atoms with E-state index in [4.69, 9.17) is 40.1 Å². The lowest BCUT2D eigenvalue weighted by molar-refractivity contribution is 0.445. The monoisotopic (exact) mass is 290 g/mol. The second-order valence-corrected chi connectivity index (χ2v) is 5.61. The third-order valence-electron chi connectivity index (χ3n) is 2.31. The smallest absolute Gasteiger partial charge is 0.0697 e. The summed E-state index contributed by atoms with van der Waals surface area (Å²) < 4.78 is 0. The molecule has 92 valence electrons. The maximum atomic E-state index is 8.88. The van der Waals surface area contributed by atoms with Crippen LogP contribution in [0, 0.1) is 16.7 Å². The van der Waals surface area contributed by atoms with Gasteiger partial charge in [-0.2, -0.15) is 5.26 Å². The van der Waals surface area contributed by atoms with Crippen LogP contribution in [0.25, 0.3) is 0 Å². The Hall–Kier alpha value is -0.460. The van der Waals surface area contributed by atoms with Crippen LogP contribution in [0.1, 0.15) is 19.4 Å². The van der Waals surface area contributed by atoms with E-state index in [1.165, 1.54) is 0 Å². The quantitative estimate of drug-likeness (QED) is 0.840. The molecule has 1 aromatic carbocycles. The molecule has 17 heavy (non-hydrogen) atoms. The zero-order chi connectivity index (χ0) is 13.1. The predicted octanol–water partition coefficient (Wildman–Crippen LogP) is 4.29. The van der Waals surface area contributed by atoms with Crippen molar-refractivity contribution >= 4 is 34.8 Å². The highest BCUT2D eigenvalue weighted by Gasteiger charge is 2.16. The lowest BCUT2D eigenvalue weighted by atomic mass is 9.96. The molecule has 0 spiro atoms. The lowest BCUT2D eigenvalue weighted by Crippen LogP contribution is -2.27. The van der Waals surface area contributed by atoms with Crippen LogP contribution in [-0.2, 0) is 6.54 Å². The Morgan fingerprint density at radius 2 is 1.82 bits per heavy atom. The molecule has 0 aromatic heterocycles. The van der Waals surface area contributed by atoms with Crippen LogP contribution in [0.2, 0.25) is 15.1 Å². The first-order chi connectivity index (χ1) is 7.87. The van der Waals surface area contributed by atoms with Gasteiger partial charge in [-0.25, -0.2) is 0 Å². The van der Waals surface area contributed by atoms with E-state index in [1.807, 2.05) is 13.8 Å². The number of nitrogens with zero attached hydrogens (tertiary/aromatic N) is 1. The maximum absolute atomic E-state index is 8.88. The van der Waals surface area contributed by atoms with Crippen molar-refractivity contribution in [2.45, 2.75) is 20.4 Å². The van der Waals surface area contributed by atoms with Gasteiger partial charge in [0.1, 0.15) is 0 Å². The molecular formula is C12H13Cl3N2. The summed E-state index contributed by atoms with van der Waals surface area (Å²) in [5, 5.41) is 13.5. The maximum Gasteiger partial charge on any atom is 0.0697 e. The minimum absolute atomic E-state index is 0.419. The molecular weight excluding hydrogens is 279 g/mol. The standard InChI is InChI=1S/C12H13Cl3N2/c1-12(2,6-16)7-17-5-8-9(13)3-4-10(14)11(8)15/h3-4,17H,5,7H2,1-2H3. The summed E-state index contributed by atoms with van der Waals surface area (Å²) in [6, 6.07) is 5.59. The Labute approximate surface area is 116 Å². The van der Waals surface area contributed by atoms with Crippen LogP contribution in [0.15, 0.2) is 12.1 Å². The highest BCUT2D eigenvalue weighted by Crippen LogP contribution is 2.31. The molecule has 0 radical (unpaired) electrons. The van der Waals surface area contributed by atoms with Gasteiger partial charge in [0.05, 0.1) is 21.5 Å². The van der Waals surface area contributed by atoms with Gasteiger partial charge in [-0.05, 0) is 26.0 Å². The zero-order valence-electron chi connectivity index (χ0n) is 9.65. The van der Waals surface area contributed by atoms with Gasteiger partial charge in [0.15, 0.2) is 0 Å². The van der Waals surface area contributed by atoms with Crippen molar-refractivity contribution in [3.8, 4) is 6.07 Å². The van der Waals surface area contributed by atoms with Crippen molar-refractivity contribution in [2.24, 2.45) is 5.41 Å². The van der Waals surface area contributed by atoms with E-state index in [-0.39, 0.29) is 0 Å². The van der Waals surface area contributed by atoms with Crippen LogP contribution in [0.3, 0.4) is 0 Å². The van der Waals surface area contributed by atoms with Gasteiger partial charge in [-0.15, -0.1) is 0 Å². The molecule has 0 saturated carbocycles. The third-order valence-corrected chi connectivity index (χ3v) is 3.51. The van der Waals surface area contributed by atoms with E-state index in [1.54, 1.807) is 12.1 Å². The average molecular weight is 292 g/mol. The van der Waals surface area contributed by atoms with Crippen molar-refractivity contribution in [3.05, 3.63) is 32.8 Å². The molecule has 0 aliphatic carbocycles. The van der Waals surface area contributed by atoms with Gasteiger partial charge in [0.2, 0.25) is 0 Å². The number of hydrogen-bond acceptors (Lipinski definition) is 2. The molecule has 0 atom stereocenters. The second-order valence-electron chi connectivity index (χ2n) is 4.42. The summed E-state index contributed by atoms with van der Waals surface area (Å²) in [5.74, 6) is 0. The Kier molecular flexibility index (Phi) is 5.09. The van der Waals surface area contributed by atoms with Crippen molar-refractivity contribution < 1.29 is 0 Å². The normalized spacial score (nSPS) is 11.3. The van der Waals surface area contributed by atoms with E-state index >= 15 is 0 Å². The molecule has 0 bridgehead atoms. The van der Waals surface area contributed by atoms with Crippen molar-refractivity contribution in [1.29, 1.82) is 5.26 Å². The first kappa shape index (κ1) is 14.6. The molecule has 1 rings (SSSR count). The minimum Gasteiger partial charge on any atom is -0.311 e. The summed E-state index contributed by atoms with van der Waals surface area (Å²) in [6.45, 7) is 4.77. The number of nitrogens with one attached hydrogen (secondary N) is 1. The van der Waals surface area contributed by atoms with Crippen molar-refractivity contribution in [2.75, 3.05) is 6.54 Å². The summed E-state index contributed by atoms with van der Waals surface area (Å²) in [7, 11) is 0. The highest BCUT2D eigenvalue weighted by atomic mass is 35.5. The van der Waals surface area contributed by atoms with E-state index in [0.717, 1.165) is 5.56 Å². The Bertz CT molecular complexity index is 450. The molecule has 0 fully saturated rings. The first-order valence-corrected chi connectivity index (χ1v) is 6.25. The second kappa shape index (κ2) is 5.93. The van der Waals surface area contributed by atoms with Crippen LogP contribution < -0.4 is 5.32 Å². The van der Waals surface area contributed by atoms with E-state index < -0.39 is 5.41 Å². The number of nitriles is 1. The van der Waals surface area contributed by atoms with Crippen LogP contribution >= 0.6 is 34.8 Å². The lowest BCUT2D eigenvalue weighted by Gasteiger charge is -2.17. The Morgan fingerprint density at radius 3 is 2.41 bits per heavy atom. The topological polar surface area (TPSA) is 35.8 Å². The van der Waals surface area contributed by atoms with Crippen LogP contribution in [-0.4, -0.2) is 6.54 Å². The third kappa shape index (κ3) is 4.04. The zero-order valence-corrected chi connectivity index (χ0v) is 11.9. The molecule has 0 amide bonds. The SMILES string of the molecule is CC(C)(C#N)CNCc1c(Cl)ccc(Cl)c1Cl. The van der Waals surface area contributed by atoms with Gasteiger partial charge < -0.3 is 5.32 Å². The summed E-state index contributed by atoms with van der Waals surface area (Å²) in [5.41, 5.74) is 0.340.